The highest BCUT2D eigenvalue weighted by Gasteiger charge is 2.09. The Kier molecular flexibility index (Phi) is 5.16. The summed E-state index contributed by atoms with van der Waals surface area (Å²) in [7, 11) is 0. The predicted molar refractivity (Wildman–Crippen MR) is 84.6 cm³/mol. The Balaban J connectivity index is 2.01. The molecule has 0 unspecified atom stereocenters. The maximum atomic E-state index is 12.0. The molecule has 1 aromatic carbocycles. The summed E-state index contributed by atoms with van der Waals surface area (Å²) in [6, 6.07) is 11.6. The summed E-state index contributed by atoms with van der Waals surface area (Å²) < 4.78 is 0. The van der Waals surface area contributed by atoms with Crippen LogP contribution in [-0.4, -0.2) is 21.8 Å². The normalized spacial score (nSPS) is 9.86. The summed E-state index contributed by atoms with van der Waals surface area (Å²) >= 11 is 0. The Bertz CT molecular complexity index is 747. The Morgan fingerprint density at radius 1 is 1.14 bits per heavy atom. The van der Waals surface area contributed by atoms with Crippen LogP contribution in [0.3, 0.4) is 0 Å². The van der Waals surface area contributed by atoms with E-state index in [2.05, 4.69) is 16.8 Å². The van der Waals surface area contributed by atoms with Gasteiger partial charge >= 0.3 is 5.97 Å². The van der Waals surface area contributed by atoms with Crippen LogP contribution >= 0.6 is 0 Å². The van der Waals surface area contributed by atoms with E-state index in [-0.39, 0.29) is 25.0 Å². The second kappa shape index (κ2) is 7.28. The van der Waals surface area contributed by atoms with E-state index >= 15 is 0 Å². The largest absolute Gasteiger partial charge is 0.481 e. The summed E-state index contributed by atoms with van der Waals surface area (Å²) in [5.41, 5.74) is 3.62. The van der Waals surface area contributed by atoms with Gasteiger partial charge in [-0.15, -0.1) is 5.92 Å². The molecule has 0 saturated carbocycles. The summed E-state index contributed by atoms with van der Waals surface area (Å²) in [5.74, 6) is 4.44. The van der Waals surface area contributed by atoms with Crippen LogP contribution in [0.2, 0.25) is 0 Å². The van der Waals surface area contributed by atoms with Gasteiger partial charge in [-0.05, 0) is 24.6 Å². The smallest absolute Gasteiger partial charge is 0.304 e. The number of carbonyl (C=O) groups excluding carboxylic acids is 1. The van der Waals surface area contributed by atoms with Crippen molar-refractivity contribution in [3.05, 3.63) is 47.7 Å². The van der Waals surface area contributed by atoms with Crippen molar-refractivity contribution >= 4 is 11.8 Å². The standard InChI is InChI=1S/C18H17NO3/c1-13-7-5-6-8-14(13)15-11-12-16(19-15)17(20)9-3-2-4-10-18(21)22/h5-8,11-12,19H,4,9-10H2,1H3,(H,21,22). The highest BCUT2D eigenvalue weighted by atomic mass is 16.4. The molecule has 0 fully saturated rings. The van der Waals surface area contributed by atoms with E-state index in [9.17, 15) is 9.59 Å². The fourth-order valence-corrected chi connectivity index (χ4v) is 2.09. The first-order chi connectivity index (χ1) is 10.6. The zero-order valence-electron chi connectivity index (χ0n) is 12.3. The first kappa shape index (κ1) is 15.6. The molecule has 0 saturated heterocycles. The van der Waals surface area contributed by atoms with Gasteiger partial charge in [0, 0.05) is 17.7 Å². The number of hydrogen-bond donors (Lipinski definition) is 2. The average molecular weight is 295 g/mol. The molecule has 0 amide bonds. The van der Waals surface area contributed by atoms with Crippen LogP contribution in [0.4, 0.5) is 0 Å². The van der Waals surface area contributed by atoms with E-state index in [0.29, 0.717) is 5.69 Å². The number of benzene rings is 1. The molecule has 1 heterocycles. The lowest BCUT2D eigenvalue weighted by Gasteiger charge is -2.02. The topological polar surface area (TPSA) is 70.2 Å². The zero-order chi connectivity index (χ0) is 15.9. The van der Waals surface area contributed by atoms with Crippen molar-refractivity contribution < 1.29 is 14.7 Å². The Labute approximate surface area is 129 Å². The van der Waals surface area contributed by atoms with Crippen molar-refractivity contribution in [1.82, 2.24) is 4.98 Å². The molecule has 112 valence electrons. The number of carboxylic acid groups (broad SMARTS) is 1. The van der Waals surface area contributed by atoms with E-state index in [1.54, 1.807) is 6.07 Å². The monoisotopic (exact) mass is 295 g/mol. The van der Waals surface area contributed by atoms with E-state index in [1.807, 2.05) is 37.3 Å². The first-order valence-corrected chi connectivity index (χ1v) is 7.03. The number of aromatic amines is 1. The van der Waals surface area contributed by atoms with Gasteiger partial charge in [0.2, 0.25) is 0 Å². The molecule has 0 aliphatic rings. The number of aromatic nitrogens is 1. The van der Waals surface area contributed by atoms with E-state index < -0.39 is 5.97 Å². The van der Waals surface area contributed by atoms with Gasteiger partial charge in [-0.1, -0.05) is 30.2 Å². The molecule has 0 radical (unpaired) electrons. The Hall–Kier alpha value is -2.80. The molecule has 2 N–H and O–H groups in total. The molecule has 1 aromatic heterocycles. The van der Waals surface area contributed by atoms with Crippen LogP contribution in [0.1, 0.15) is 35.3 Å². The third kappa shape index (κ3) is 4.10. The summed E-state index contributed by atoms with van der Waals surface area (Å²) in [6.07, 6.45) is 0.357. The van der Waals surface area contributed by atoms with Gasteiger partial charge < -0.3 is 10.1 Å². The van der Waals surface area contributed by atoms with Gasteiger partial charge in [-0.25, -0.2) is 0 Å². The molecule has 22 heavy (non-hydrogen) atoms. The SMILES string of the molecule is Cc1ccccc1-c1ccc(C(=O)CC#CCCC(=O)O)[nH]1. The second-order valence-electron chi connectivity index (χ2n) is 4.95. The van der Waals surface area contributed by atoms with Crippen LogP contribution in [0, 0.1) is 18.8 Å². The number of carbonyl (C=O) groups is 2. The number of hydrogen-bond acceptors (Lipinski definition) is 2. The summed E-state index contributed by atoms with van der Waals surface area (Å²) in [5, 5.41) is 8.49. The van der Waals surface area contributed by atoms with Gasteiger partial charge in [0.25, 0.3) is 0 Å². The van der Waals surface area contributed by atoms with Gasteiger partial charge in [0.05, 0.1) is 18.5 Å². The van der Waals surface area contributed by atoms with E-state index in [1.165, 1.54) is 0 Å². The maximum Gasteiger partial charge on any atom is 0.304 e. The zero-order valence-corrected chi connectivity index (χ0v) is 12.3. The molecule has 0 aliphatic carbocycles. The average Bonchev–Trinajstić information content (AvgIpc) is 2.96. The third-order valence-corrected chi connectivity index (χ3v) is 3.26. The van der Waals surface area contributed by atoms with Crippen LogP contribution in [0.15, 0.2) is 36.4 Å². The van der Waals surface area contributed by atoms with E-state index in [4.69, 9.17) is 5.11 Å². The predicted octanol–water partition coefficient (Wildman–Crippen LogP) is 3.43. The van der Waals surface area contributed by atoms with Crippen molar-refractivity contribution in [2.75, 3.05) is 0 Å². The second-order valence-corrected chi connectivity index (χ2v) is 4.95. The third-order valence-electron chi connectivity index (χ3n) is 3.26. The number of ketones is 1. The molecule has 2 rings (SSSR count). The lowest BCUT2D eigenvalue weighted by Crippen LogP contribution is -1.98. The molecule has 4 nitrogen and oxygen atoms in total. The Morgan fingerprint density at radius 3 is 2.64 bits per heavy atom. The van der Waals surface area contributed by atoms with Gasteiger partial charge in [0.15, 0.2) is 5.78 Å². The maximum absolute atomic E-state index is 12.0. The number of aryl methyl sites for hydroxylation is 1. The minimum absolute atomic E-state index is 0.00112. The van der Waals surface area contributed by atoms with Gasteiger partial charge in [-0.3, -0.25) is 9.59 Å². The van der Waals surface area contributed by atoms with E-state index in [0.717, 1.165) is 16.8 Å². The summed E-state index contributed by atoms with van der Waals surface area (Å²) in [6.45, 7) is 2.02. The van der Waals surface area contributed by atoms with Crippen molar-refractivity contribution in [3.63, 3.8) is 0 Å². The van der Waals surface area contributed by atoms with Crippen LogP contribution < -0.4 is 0 Å². The Morgan fingerprint density at radius 2 is 1.91 bits per heavy atom. The first-order valence-electron chi connectivity index (χ1n) is 7.03. The van der Waals surface area contributed by atoms with Crippen molar-refractivity contribution in [2.45, 2.75) is 26.2 Å². The number of H-pyrrole nitrogens is 1. The van der Waals surface area contributed by atoms with Crippen LogP contribution in [-0.2, 0) is 4.79 Å². The number of aliphatic carboxylic acids is 1. The minimum atomic E-state index is -0.882. The molecule has 0 aliphatic heterocycles. The molecular formula is C18H17NO3. The van der Waals surface area contributed by atoms with Gasteiger partial charge in [-0.2, -0.15) is 0 Å². The number of nitrogens with one attached hydrogen (secondary N) is 1. The number of rotatable bonds is 5. The van der Waals surface area contributed by atoms with Crippen molar-refractivity contribution in [3.8, 4) is 23.1 Å². The number of carboxylic acids is 1. The molecule has 4 heteroatoms. The van der Waals surface area contributed by atoms with Crippen molar-refractivity contribution in [1.29, 1.82) is 0 Å². The molecule has 0 bridgehead atoms. The van der Waals surface area contributed by atoms with Crippen molar-refractivity contribution in [2.24, 2.45) is 0 Å². The number of Topliss-reactive ketones (excluding diaryl/α,β-unsaturated/α-hetero) is 1. The lowest BCUT2D eigenvalue weighted by molar-refractivity contribution is -0.136. The highest BCUT2D eigenvalue weighted by molar-refractivity contribution is 5.96. The van der Waals surface area contributed by atoms with Gasteiger partial charge in [0.1, 0.15) is 0 Å². The lowest BCUT2D eigenvalue weighted by atomic mass is 10.1. The fourth-order valence-electron chi connectivity index (χ4n) is 2.09. The molecular weight excluding hydrogens is 278 g/mol. The minimum Gasteiger partial charge on any atom is -0.481 e. The molecule has 0 spiro atoms. The van der Waals surface area contributed by atoms with Crippen LogP contribution in [0.5, 0.6) is 0 Å². The molecule has 0 atom stereocenters. The molecule has 2 aromatic rings. The van der Waals surface area contributed by atoms with Crippen LogP contribution in [0.25, 0.3) is 11.3 Å². The quantitative estimate of drug-likeness (QED) is 0.656. The highest BCUT2D eigenvalue weighted by Crippen LogP contribution is 2.22. The summed E-state index contributed by atoms with van der Waals surface area (Å²) in [4.78, 5) is 25.5. The fraction of sp³-hybridized carbons (Fsp3) is 0.222.